The molecule has 0 amide bonds. The second-order valence-corrected chi connectivity index (χ2v) is 10.1. The minimum atomic E-state index is -1.09. The van der Waals surface area contributed by atoms with Crippen LogP contribution in [0.2, 0.25) is 0 Å². The van der Waals surface area contributed by atoms with Crippen LogP contribution in [0.5, 0.6) is 0 Å². The van der Waals surface area contributed by atoms with Gasteiger partial charge in [0.15, 0.2) is 0 Å². The molecule has 32 heavy (non-hydrogen) atoms. The van der Waals surface area contributed by atoms with Crippen molar-refractivity contribution in [2.45, 2.75) is 49.5 Å². The summed E-state index contributed by atoms with van der Waals surface area (Å²) in [5.41, 5.74) is 3.64. The van der Waals surface area contributed by atoms with Gasteiger partial charge in [0, 0.05) is 37.0 Å². The Morgan fingerprint density at radius 1 is 1.28 bits per heavy atom. The van der Waals surface area contributed by atoms with Gasteiger partial charge in [0.1, 0.15) is 10.7 Å². The van der Waals surface area contributed by atoms with Crippen LogP contribution in [0.25, 0.3) is 5.57 Å². The number of nitrogens with one attached hydrogen (secondary N) is 1. The first-order valence-corrected chi connectivity index (χ1v) is 12.4. The highest BCUT2D eigenvalue weighted by atomic mass is 32.2. The molecule has 2 aromatic heterocycles. The Bertz CT molecular complexity index is 1140. The fourth-order valence-corrected chi connectivity index (χ4v) is 5.78. The van der Waals surface area contributed by atoms with E-state index in [9.17, 15) is 9.32 Å². The van der Waals surface area contributed by atoms with Crippen molar-refractivity contribution in [3.05, 3.63) is 41.4 Å². The average molecular weight is 450 g/mol. The summed E-state index contributed by atoms with van der Waals surface area (Å²) in [4.78, 5) is 17.0. The number of fused-ring (bicyclic) bond motifs is 1. The molecule has 1 aliphatic carbocycles. The van der Waals surface area contributed by atoms with E-state index in [1.54, 1.807) is 0 Å². The summed E-state index contributed by atoms with van der Waals surface area (Å²) in [6.07, 6.45) is 8.42. The SMILES string of the molecule is CC#Cc1ccc(C2=CCN(c3nc4c(c(NC5(CO)CCC5)n3)[S@](=O)CC4)CC2)nc1. The fourth-order valence-electron chi connectivity index (χ4n) is 4.47. The van der Waals surface area contributed by atoms with Gasteiger partial charge >= 0.3 is 0 Å². The predicted octanol–water partition coefficient (Wildman–Crippen LogP) is 2.53. The second kappa shape index (κ2) is 8.64. The molecule has 0 unspecified atom stereocenters. The summed E-state index contributed by atoms with van der Waals surface area (Å²) in [6, 6.07) is 4.03. The molecule has 2 aliphatic heterocycles. The van der Waals surface area contributed by atoms with Crippen molar-refractivity contribution in [3.8, 4) is 11.8 Å². The van der Waals surface area contributed by atoms with Gasteiger partial charge < -0.3 is 15.3 Å². The van der Waals surface area contributed by atoms with Crippen LogP contribution in [0.3, 0.4) is 0 Å². The number of nitrogens with zero attached hydrogens (tertiary/aromatic N) is 4. The topological polar surface area (TPSA) is 91.2 Å². The normalized spacial score (nSPS) is 21.1. The largest absolute Gasteiger partial charge is 0.394 e. The average Bonchev–Trinajstić information content (AvgIpc) is 3.18. The zero-order valence-electron chi connectivity index (χ0n) is 18.2. The van der Waals surface area contributed by atoms with Gasteiger partial charge in [0.25, 0.3) is 0 Å². The van der Waals surface area contributed by atoms with Crippen molar-refractivity contribution in [1.29, 1.82) is 0 Å². The van der Waals surface area contributed by atoms with Gasteiger partial charge in [-0.1, -0.05) is 12.0 Å². The Labute approximate surface area is 190 Å². The van der Waals surface area contributed by atoms with E-state index >= 15 is 0 Å². The molecule has 1 atom stereocenters. The van der Waals surface area contributed by atoms with Gasteiger partial charge in [-0.3, -0.25) is 9.19 Å². The minimum Gasteiger partial charge on any atom is -0.394 e. The molecule has 1 saturated carbocycles. The van der Waals surface area contributed by atoms with Crippen LogP contribution in [0, 0.1) is 11.8 Å². The Hall–Kier alpha value is -2.76. The first-order valence-electron chi connectivity index (χ1n) is 11.1. The highest BCUT2D eigenvalue weighted by molar-refractivity contribution is 7.85. The predicted molar refractivity (Wildman–Crippen MR) is 126 cm³/mol. The Kier molecular flexibility index (Phi) is 5.70. The third kappa shape index (κ3) is 3.91. The van der Waals surface area contributed by atoms with E-state index in [1.807, 2.05) is 25.3 Å². The zero-order valence-corrected chi connectivity index (χ0v) is 19.0. The van der Waals surface area contributed by atoms with Crippen LogP contribution in [-0.4, -0.2) is 55.3 Å². The summed E-state index contributed by atoms with van der Waals surface area (Å²) >= 11 is 0. The monoisotopic (exact) mass is 449 g/mol. The van der Waals surface area contributed by atoms with E-state index in [0.717, 1.165) is 54.1 Å². The molecular formula is C24H27N5O2S. The quantitative estimate of drug-likeness (QED) is 0.678. The van der Waals surface area contributed by atoms with Gasteiger partial charge in [-0.15, -0.1) is 5.92 Å². The Morgan fingerprint density at radius 3 is 2.78 bits per heavy atom. The maximum atomic E-state index is 12.6. The zero-order chi connectivity index (χ0) is 22.1. The van der Waals surface area contributed by atoms with Crippen molar-refractivity contribution in [2.24, 2.45) is 0 Å². The van der Waals surface area contributed by atoms with E-state index in [2.05, 4.69) is 33.1 Å². The number of hydrogen-bond acceptors (Lipinski definition) is 7. The number of aliphatic hydroxyl groups is 1. The second-order valence-electron chi connectivity index (χ2n) is 8.60. The molecule has 1 fully saturated rings. The lowest BCUT2D eigenvalue weighted by atomic mass is 9.77. The lowest BCUT2D eigenvalue weighted by Crippen LogP contribution is -2.48. The van der Waals surface area contributed by atoms with Crippen LogP contribution in [0.1, 0.15) is 49.6 Å². The van der Waals surface area contributed by atoms with Crippen molar-refractivity contribution >= 4 is 28.1 Å². The number of aliphatic hydroxyl groups excluding tert-OH is 1. The molecule has 4 heterocycles. The lowest BCUT2D eigenvalue weighted by molar-refractivity contribution is 0.143. The summed E-state index contributed by atoms with van der Waals surface area (Å²) < 4.78 is 12.6. The molecule has 2 N–H and O–H groups in total. The lowest BCUT2D eigenvalue weighted by Gasteiger charge is -2.41. The third-order valence-corrected chi connectivity index (χ3v) is 7.99. The molecule has 0 radical (unpaired) electrons. The number of aromatic nitrogens is 3. The van der Waals surface area contributed by atoms with Crippen molar-refractivity contribution in [2.75, 3.05) is 35.7 Å². The van der Waals surface area contributed by atoms with E-state index in [-0.39, 0.29) is 12.1 Å². The molecule has 0 aromatic carbocycles. The fraction of sp³-hybridized carbons (Fsp3) is 0.458. The number of hydrogen-bond donors (Lipinski definition) is 2. The molecule has 5 rings (SSSR count). The van der Waals surface area contributed by atoms with Crippen LogP contribution in [0.4, 0.5) is 11.8 Å². The number of pyridine rings is 1. The van der Waals surface area contributed by atoms with Gasteiger partial charge in [-0.05, 0) is 50.3 Å². The maximum Gasteiger partial charge on any atom is 0.227 e. The van der Waals surface area contributed by atoms with E-state index < -0.39 is 10.8 Å². The van der Waals surface area contributed by atoms with E-state index in [4.69, 9.17) is 9.97 Å². The van der Waals surface area contributed by atoms with Crippen molar-refractivity contribution in [3.63, 3.8) is 0 Å². The molecule has 166 valence electrons. The molecular weight excluding hydrogens is 422 g/mol. The van der Waals surface area contributed by atoms with Crippen LogP contribution in [-0.2, 0) is 17.2 Å². The van der Waals surface area contributed by atoms with Gasteiger partial charge in [-0.2, -0.15) is 4.98 Å². The molecule has 3 aliphatic rings. The van der Waals surface area contributed by atoms with Crippen molar-refractivity contribution < 1.29 is 9.32 Å². The summed E-state index contributed by atoms with van der Waals surface area (Å²) in [7, 11) is -1.09. The minimum absolute atomic E-state index is 0.0547. The Balaban J connectivity index is 1.39. The first-order chi connectivity index (χ1) is 15.6. The van der Waals surface area contributed by atoms with Crippen LogP contribution >= 0.6 is 0 Å². The summed E-state index contributed by atoms with van der Waals surface area (Å²) in [5.74, 6) is 7.80. The van der Waals surface area contributed by atoms with Crippen molar-refractivity contribution in [1.82, 2.24) is 15.0 Å². The molecule has 8 heteroatoms. The van der Waals surface area contributed by atoms with Crippen LogP contribution < -0.4 is 10.2 Å². The number of anilines is 2. The molecule has 0 bridgehead atoms. The number of rotatable bonds is 5. The Morgan fingerprint density at radius 2 is 2.16 bits per heavy atom. The number of aryl methyl sites for hydroxylation is 1. The standard InChI is InChI=1S/C24H27N5O2S/c1-2-4-17-5-6-19(25-15-17)18-7-12-29(13-8-18)23-26-20-9-14-32(31)21(20)22(27-23)28-24(16-30)10-3-11-24/h5-7,15,30H,3,8-14,16H2,1H3,(H,26,27,28)/t32-/m1/s1. The van der Waals surface area contributed by atoms with Gasteiger partial charge in [-0.25, -0.2) is 4.98 Å². The highest BCUT2D eigenvalue weighted by Crippen LogP contribution is 2.38. The first kappa shape index (κ1) is 21.1. The third-order valence-electron chi connectivity index (χ3n) is 6.53. The summed E-state index contributed by atoms with van der Waals surface area (Å²) in [5, 5.41) is 13.3. The highest BCUT2D eigenvalue weighted by Gasteiger charge is 2.39. The maximum absolute atomic E-state index is 12.6. The van der Waals surface area contributed by atoms with E-state index in [1.165, 1.54) is 5.57 Å². The molecule has 0 saturated heterocycles. The van der Waals surface area contributed by atoms with Gasteiger partial charge in [0.05, 0.1) is 34.3 Å². The smallest absolute Gasteiger partial charge is 0.227 e. The summed E-state index contributed by atoms with van der Waals surface area (Å²) in [6.45, 7) is 3.36. The van der Waals surface area contributed by atoms with Crippen LogP contribution in [0.15, 0.2) is 29.3 Å². The van der Waals surface area contributed by atoms with Gasteiger partial charge in [0.2, 0.25) is 5.95 Å². The van der Waals surface area contributed by atoms with E-state index in [0.29, 0.717) is 30.5 Å². The molecule has 7 nitrogen and oxygen atoms in total. The molecule has 2 aromatic rings. The molecule has 0 spiro atoms.